The number of amides is 1. The van der Waals surface area contributed by atoms with Crippen LogP contribution in [0.15, 0.2) is 58.7 Å². The van der Waals surface area contributed by atoms with Crippen molar-refractivity contribution in [2.24, 2.45) is 0 Å². The smallest absolute Gasteiger partial charge is 0.234 e. The molecule has 6 nitrogen and oxygen atoms in total. The molecule has 0 aliphatic heterocycles. The van der Waals surface area contributed by atoms with Crippen molar-refractivity contribution in [3.63, 3.8) is 0 Å². The summed E-state index contributed by atoms with van der Waals surface area (Å²) in [5.74, 6) is -1.42. The molecule has 0 aliphatic rings. The predicted molar refractivity (Wildman–Crippen MR) is 124 cm³/mol. The van der Waals surface area contributed by atoms with E-state index in [0.29, 0.717) is 28.2 Å². The number of rotatable bonds is 9. The van der Waals surface area contributed by atoms with Crippen molar-refractivity contribution >= 4 is 50.9 Å². The number of ether oxygens (including phenoxy) is 1. The van der Waals surface area contributed by atoms with Crippen molar-refractivity contribution in [2.75, 3.05) is 11.1 Å². The van der Waals surface area contributed by atoms with Gasteiger partial charge in [0, 0.05) is 17.1 Å². The van der Waals surface area contributed by atoms with E-state index in [1.165, 1.54) is 17.8 Å². The summed E-state index contributed by atoms with van der Waals surface area (Å²) >= 11 is 10.6. The SMILES string of the molecule is C=CCn1c(SCC(=O)Nc2ccc(Br)cc2Cl)nnc1C(C)Oc1ccc(F)cc1F. The van der Waals surface area contributed by atoms with Crippen molar-refractivity contribution in [1.29, 1.82) is 0 Å². The van der Waals surface area contributed by atoms with Crippen LogP contribution in [-0.2, 0) is 11.3 Å². The monoisotopic (exact) mass is 542 g/mol. The predicted octanol–water partition coefficient (Wildman–Crippen LogP) is 6.03. The molecule has 0 saturated heterocycles. The normalized spacial score (nSPS) is 11.8. The van der Waals surface area contributed by atoms with Gasteiger partial charge in [-0.2, -0.15) is 0 Å². The first-order valence-corrected chi connectivity index (χ1v) is 11.5. The van der Waals surface area contributed by atoms with Crippen molar-refractivity contribution in [3.05, 3.63) is 76.0 Å². The summed E-state index contributed by atoms with van der Waals surface area (Å²) in [6.07, 6.45) is 0.955. The molecule has 3 aromatic rings. The van der Waals surface area contributed by atoms with Gasteiger partial charge in [0.1, 0.15) is 5.82 Å². The fourth-order valence-electron chi connectivity index (χ4n) is 2.73. The van der Waals surface area contributed by atoms with E-state index in [9.17, 15) is 13.6 Å². The van der Waals surface area contributed by atoms with Crippen LogP contribution in [0.4, 0.5) is 14.5 Å². The molecule has 32 heavy (non-hydrogen) atoms. The van der Waals surface area contributed by atoms with Gasteiger partial charge in [0.15, 0.2) is 28.7 Å². The zero-order valence-electron chi connectivity index (χ0n) is 16.8. The molecule has 1 aromatic heterocycles. The van der Waals surface area contributed by atoms with Crippen molar-refractivity contribution < 1.29 is 18.3 Å². The molecule has 1 unspecified atom stereocenters. The molecule has 2 aromatic carbocycles. The van der Waals surface area contributed by atoms with E-state index in [0.717, 1.165) is 16.6 Å². The van der Waals surface area contributed by atoms with E-state index in [4.69, 9.17) is 16.3 Å². The van der Waals surface area contributed by atoms with Crippen molar-refractivity contribution in [1.82, 2.24) is 14.8 Å². The number of aromatic nitrogens is 3. The Labute approximate surface area is 201 Å². The lowest BCUT2D eigenvalue weighted by Gasteiger charge is -2.16. The molecule has 0 fully saturated rings. The van der Waals surface area contributed by atoms with E-state index in [2.05, 4.69) is 38.0 Å². The minimum Gasteiger partial charge on any atom is -0.480 e. The zero-order valence-corrected chi connectivity index (χ0v) is 20.0. The summed E-state index contributed by atoms with van der Waals surface area (Å²) < 4.78 is 35.2. The topological polar surface area (TPSA) is 69.0 Å². The Morgan fingerprint density at radius 3 is 2.81 bits per heavy atom. The fraction of sp³-hybridized carbons (Fsp3) is 0.190. The number of benzene rings is 2. The molecule has 1 N–H and O–H groups in total. The average Bonchev–Trinajstić information content (AvgIpc) is 3.13. The summed E-state index contributed by atoms with van der Waals surface area (Å²) in [4.78, 5) is 12.4. The molecule has 168 valence electrons. The first-order chi connectivity index (χ1) is 15.3. The van der Waals surface area contributed by atoms with E-state index >= 15 is 0 Å². The molecule has 0 radical (unpaired) electrons. The van der Waals surface area contributed by atoms with Gasteiger partial charge in [0.05, 0.1) is 16.5 Å². The van der Waals surface area contributed by atoms with Gasteiger partial charge in [-0.25, -0.2) is 8.78 Å². The van der Waals surface area contributed by atoms with Crippen LogP contribution in [0.5, 0.6) is 5.75 Å². The van der Waals surface area contributed by atoms with Crippen molar-refractivity contribution in [2.45, 2.75) is 24.7 Å². The maximum Gasteiger partial charge on any atom is 0.234 e. The Morgan fingerprint density at radius 2 is 2.12 bits per heavy atom. The lowest BCUT2D eigenvalue weighted by Crippen LogP contribution is -2.16. The van der Waals surface area contributed by atoms with Crippen LogP contribution in [0.2, 0.25) is 5.02 Å². The van der Waals surface area contributed by atoms with Gasteiger partial charge in [-0.15, -0.1) is 16.8 Å². The second-order valence-corrected chi connectivity index (χ2v) is 8.80. The second-order valence-electron chi connectivity index (χ2n) is 6.54. The maximum atomic E-state index is 13.9. The highest BCUT2D eigenvalue weighted by Gasteiger charge is 2.21. The summed E-state index contributed by atoms with van der Waals surface area (Å²) in [6.45, 7) is 5.75. The molecule has 1 atom stereocenters. The highest BCUT2D eigenvalue weighted by molar-refractivity contribution is 9.10. The van der Waals surface area contributed by atoms with Crippen LogP contribution < -0.4 is 10.1 Å². The third-order valence-corrected chi connectivity index (χ3v) is 5.93. The number of allylic oxidation sites excluding steroid dienone is 1. The molecule has 0 saturated carbocycles. The summed E-state index contributed by atoms with van der Waals surface area (Å²) in [7, 11) is 0. The number of nitrogens with zero attached hydrogens (tertiary/aromatic N) is 3. The number of carbonyl (C=O) groups is 1. The van der Waals surface area contributed by atoms with Crippen LogP contribution >= 0.6 is 39.3 Å². The molecular formula is C21H18BrClF2N4O2S. The number of anilines is 1. The molecule has 3 rings (SSSR count). The molecule has 1 amide bonds. The second kappa shape index (κ2) is 10.9. The Bertz CT molecular complexity index is 1140. The van der Waals surface area contributed by atoms with Gasteiger partial charge in [0.25, 0.3) is 0 Å². The number of nitrogens with one attached hydrogen (secondary N) is 1. The summed E-state index contributed by atoms with van der Waals surface area (Å²) in [5, 5.41) is 11.9. The molecular weight excluding hydrogens is 526 g/mol. The fourth-order valence-corrected chi connectivity index (χ4v) is 4.20. The average molecular weight is 544 g/mol. The highest BCUT2D eigenvalue weighted by atomic mass is 79.9. The minimum atomic E-state index is -0.815. The first kappa shape index (κ1) is 24.2. The number of carbonyl (C=O) groups excluding carboxylic acids is 1. The summed E-state index contributed by atoms with van der Waals surface area (Å²) in [5.41, 5.74) is 0.497. The number of halogens is 4. The number of hydrogen-bond donors (Lipinski definition) is 1. The first-order valence-electron chi connectivity index (χ1n) is 9.32. The maximum absolute atomic E-state index is 13.9. The van der Waals surface area contributed by atoms with Gasteiger partial charge < -0.3 is 10.1 Å². The van der Waals surface area contributed by atoms with Gasteiger partial charge >= 0.3 is 0 Å². The van der Waals surface area contributed by atoms with Crippen LogP contribution in [0, 0.1) is 11.6 Å². The van der Waals surface area contributed by atoms with Gasteiger partial charge in [-0.3, -0.25) is 9.36 Å². The standard InChI is InChI=1S/C21H18BrClF2N4O2S/c1-3-8-29-20(12(2)31-18-7-5-14(24)10-16(18)25)27-28-21(29)32-11-19(30)26-17-6-4-13(22)9-15(17)23/h3-7,9-10,12H,1,8,11H2,2H3,(H,26,30). The molecule has 0 spiro atoms. The van der Waals surface area contributed by atoms with Crippen LogP contribution in [0.1, 0.15) is 18.9 Å². The van der Waals surface area contributed by atoms with E-state index in [-0.39, 0.29) is 17.4 Å². The van der Waals surface area contributed by atoms with E-state index in [1.54, 1.807) is 35.8 Å². The lowest BCUT2D eigenvalue weighted by atomic mass is 10.3. The molecule has 1 heterocycles. The Kier molecular flexibility index (Phi) is 8.27. The minimum absolute atomic E-state index is 0.0590. The molecule has 0 bridgehead atoms. The Balaban J connectivity index is 1.69. The largest absolute Gasteiger partial charge is 0.480 e. The number of thioether (sulfide) groups is 1. The van der Waals surface area contributed by atoms with Crippen LogP contribution in [0.25, 0.3) is 0 Å². The Morgan fingerprint density at radius 1 is 1.34 bits per heavy atom. The lowest BCUT2D eigenvalue weighted by molar-refractivity contribution is -0.113. The number of hydrogen-bond acceptors (Lipinski definition) is 5. The quantitative estimate of drug-likeness (QED) is 0.264. The Hall–Kier alpha value is -2.43. The van der Waals surface area contributed by atoms with E-state index < -0.39 is 17.7 Å². The van der Waals surface area contributed by atoms with Crippen molar-refractivity contribution in [3.8, 4) is 5.75 Å². The zero-order chi connectivity index (χ0) is 23.3. The third-order valence-electron chi connectivity index (χ3n) is 4.16. The van der Waals surface area contributed by atoms with Gasteiger partial charge in [-0.05, 0) is 37.3 Å². The van der Waals surface area contributed by atoms with Crippen LogP contribution in [0.3, 0.4) is 0 Å². The van der Waals surface area contributed by atoms with Gasteiger partial charge in [-0.1, -0.05) is 45.4 Å². The van der Waals surface area contributed by atoms with E-state index in [1.807, 2.05) is 0 Å². The molecule has 0 aliphatic carbocycles. The summed E-state index contributed by atoms with van der Waals surface area (Å²) in [6, 6.07) is 8.21. The third kappa shape index (κ3) is 6.08. The molecule has 11 heteroatoms. The highest BCUT2D eigenvalue weighted by Crippen LogP contribution is 2.28. The van der Waals surface area contributed by atoms with Gasteiger partial charge in [0.2, 0.25) is 5.91 Å². The van der Waals surface area contributed by atoms with Crippen LogP contribution in [-0.4, -0.2) is 26.4 Å².